The number of para-hydroxylation sites is 1. The number of benzene rings is 2. The summed E-state index contributed by atoms with van der Waals surface area (Å²) in [4.78, 5) is 27.1. The first-order valence-electron chi connectivity index (χ1n) is 8.99. The Bertz CT molecular complexity index is 742. The first-order valence-corrected chi connectivity index (χ1v) is 8.99. The van der Waals surface area contributed by atoms with Crippen LogP contribution >= 0.6 is 0 Å². The minimum Gasteiger partial charge on any atom is -0.339 e. The van der Waals surface area contributed by atoms with Crippen molar-refractivity contribution in [1.82, 2.24) is 4.90 Å². The molecule has 2 aromatic rings. The Balaban J connectivity index is 2.18. The van der Waals surface area contributed by atoms with Gasteiger partial charge in [0, 0.05) is 19.1 Å². The third-order valence-electron chi connectivity index (χ3n) is 4.60. The Labute approximate surface area is 155 Å². The van der Waals surface area contributed by atoms with E-state index in [0.29, 0.717) is 24.3 Å². The predicted molar refractivity (Wildman–Crippen MR) is 105 cm³/mol. The zero-order chi connectivity index (χ0) is 19.1. The fourth-order valence-corrected chi connectivity index (χ4v) is 2.83. The summed E-state index contributed by atoms with van der Waals surface area (Å²) in [7, 11) is 0. The lowest BCUT2D eigenvalue weighted by Crippen LogP contribution is -2.33. The van der Waals surface area contributed by atoms with E-state index in [0.717, 1.165) is 5.56 Å². The molecule has 0 fully saturated rings. The maximum atomic E-state index is 12.7. The molecule has 2 amide bonds. The molecule has 0 saturated carbocycles. The second kappa shape index (κ2) is 9.15. The van der Waals surface area contributed by atoms with E-state index in [4.69, 9.17) is 5.73 Å². The van der Waals surface area contributed by atoms with Gasteiger partial charge in [0.15, 0.2) is 0 Å². The maximum Gasteiger partial charge on any atom is 0.255 e. The van der Waals surface area contributed by atoms with Gasteiger partial charge in [0.25, 0.3) is 5.91 Å². The fourth-order valence-electron chi connectivity index (χ4n) is 2.83. The largest absolute Gasteiger partial charge is 0.339 e. The zero-order valence-electron chi connectivity index (χ0n) is 15.6. The Morgan fingerprint density at radius 1 is 1.00 bits per heavy atom. The van der Waals surface area contributed by atoms with E-state index < -0.39 is 12.0 Å². The lowest BCUT2D eigenvalue weighted by Gasteiger charge is -2.23. The van der Waals surface area contributed by atoms with Gasteiger partial charge in [-0.2, -0.15) is 0 Å². The summed E-state index contributed by atoms with van der Waals surface area (Å²) in [6.07, 6.45) is 0. The average Bonchev–Trinajstić information content (AvgIpc) is 2.68. The third-order valence-corrected chi connectivity index (χ3v) is 4.60. The smallest absolute Gasteiger partial charge is 0.255 e. The van der Waals surface area contributed by atoms with Crippen LogP contribution in [0.1, 0.15) is 42.7 Å². The molecule has 0 saturated heterocycles. The van der Waals surface area contributed by atoms with Gasteiger partial charge in [-0.25, -0.2) is 0 Å². The molecule has 0 aromatic heterocycles. The molecule has 0 bridgehead atoms. The highest BCUT2D eigenvalue weighted by Gasteiger charge is 2.24. The minimum atomic E-state index is -0.436. The van der Waals surface area contributed by atoms with Crippen molar-refractivity contribution in [3.63, 3.8) is 0 Å². The topological polar surface area (TPSA) is 75.4 Å². The number of amides is 2. The number of carbonyl (C=O) groups is 2. The number of rotatable bonds is 7. The normalized spacial score (nSPS) is 12.9. The number of nitrogens with one attached hydrogen (secondary N) is 1. The van der Waals surface area contributed by atoms with Crippen molar-refractivity contribution in [1.29, 1.82) is 0 Å². The van der Waals surface area contributed by atoms with Crippen molar-refractivity contribution < 1.29 is 9.59 Å². The molecule has 5 nitrogen and oxygen atoms in total. The number of anilines is 1. The van der Waals surface area contributed by atoms with Crippen LogP contribution in [0.5, 0.6) is 0 Å². The maximum absolute atomic E-state index is 12.7. The van der Waals surface area contributed by atoms with Crippen LogP contribution in [-0.4, -0.2) is 29.8 Å². The summed E-state index contributed by atoms with van der Waals surface area (Å²) >= 11 is 0. The van der Waals surface area contributed by atoms with E-state index in [2.05, 4.69) is 5.32 Å². The number of nitrogens with two attached hydrogens (primary N) is 1. The van der Waals surface area contributed by atoms with E-state index in [-0.39, 0.29) is 11.8 Å². The molecule has 0 aliphatic carbocycles. The van der Waals surface area contributed by atoms with Crippen molar-refractivity contribution in [3.8, 4) is 0 Å². The highest BCUT2D eigenvalue weighted by molar-refractivity contribution is 6.04. The van der Waals surface area contributed by atoms with Crippen LogP contribution in [0.25, 0.3) is 0 Å². The van der Waals surface area contributed by atoms with Crippen LogP contribution in [-0.2, 0) is 4.79 Å². The molecule has 26 heavy (non-hydrogen) atoms. The summed E-state index contributed by atoms with van der Waals surface area (Å²) in [6, 6.07) is 16.2. The van der Waals surface area contributed by atoms with Crippen LogP contribution in [0, 0.1) is 5.92 Å². The van der Waals surface area contributed by atoms with E-state index >= 15 is 0 Å². The Hall–Kier alpha value is -2.66. The van der Waals surface area contributed by atoms with Gasteiger partial charge in [0.2, 0.25) is 5.91 Å². The molecule has 0 aliphatic heterocycles. The molecule has 2 aromatic carbocycles. The molecule has 3 N–H and O–H groups in total. The predicted octanol–water partition coefficient (Wildman–Crippen LogP) is 3.44. The van der Waals surface area contributed by atoms with Crippen LogP contribution in [0.4, 0.5) is 5.69 Å². The van der Waals surface area contributed by atoms with Gasteiger partial charge in [0.1, 0.15) is 0 Å². The molecule has 2 atom stereocenters. The molecular formula is C21H27N3O2. The monoisotopic (exact) mass is 353 g/mol. The molecule has 0 aliphatic rings. The van der Waals surface area contributed by atoms with Gasteiger partial charge >= 0.3 is 0 Å². The summed E-state index contributed by atoms with van der Waals surface area (Å²) < 4.78 is 0. The second-order valence-corrected chi connectivity index (χ2v) is 6.24. The highest BCUT2D eigenvalue weighted by Crippen LogP contribution is 2.23. The Morgan fingerprint density at radius 3 is 2.19 bits per heavy atom. The van der Waals surface area contributed by atoms with Crippen molar-refractivity contribution in [2.75, 3.05) is 18.4 Å². The molecule has 0 radical (unpaired) electrons. The Morgan fingerprint density at radius 2 is 1.58 bits per heavy atom. The van der Waals surface area contributed by atoms with Crippen molar-refractivity contribution in [2.45, 2.75) is 26.8 Å². The first-order chi connectivity index (χ1) is 12.5. The average molecular weight is 353 g/mol. The lowest BCUT2D eigenvalue weighted by atomic mass is 9.94. The summed E-state index contributed by atoms with van der Waals surface area (Å²) in [6.45, 7) is 6.90. The second-order valence-electron chi connectivity index (χ2n) is 6.24. The highest BCUT2D eigenvalue weighted by atomic mass is 16.2. The SMILES string of the molecule is CCN(CC)C(=O)c1ccccc1NC(=O)C(C)C(N)c1ccccc1. The lowest BCUT2D eigenvalue weighted by molar-refractivity contribution is -0.120. The quantitative estimate of drug-likeness (QED) is 0.800. The fraction of sp³-hybridized carbons (Fsp3) is 0.333. The molecular weight excluding hydrogens is 326 g/mol. The van der Waals surface area contributed by atoms with Gasteiger partial charge in [-0.3, -0.25) is 9.59 Å². The van der Waals surface area contributed by atoms with E-state index in [1.54, 1.807) is 36.1 Å². The van der Waals surface area contributed by atoms with E-state index in [9.17, 15) is 9.59 Å². The van der Waals surface area contributed by atoms with Crippen molar-refractivity contribution >= 4 is 17.5 Å². The van der Waals surface area contributed by atoms with Crippen LogP contribution < -0.4 is 11.1 Å². The van der Waals surface area contributed by atoms with E-state index in [1.807, 2.05) is 44.2 Å². The van der Waals surface area contributed by atoms with Gasteiger partial charge in [-0.15, -0.1) is 0 Å². The van der Waals surface area contributed by atoms with E-state index in [1.165, 1.54) is 0 Å². The van der Waals surface area contributed by atoms with Gasteiger partial charge in [-0.05, 0) is 31.5 Å². The van der Waals surface area contributed by atoms with Crippen LogP contribution in [0.15, 0.2) is 54.6 Å². The van der Waals surface area contributed by atoms with Crippen molar-refractivity contribution in [2.24, 2.45) is 11.7 Å². The zero-order valence-corrected chi connectivity index (χ0v) is 15.6. The van der Waals surface area contributed by atoms with Crippen LogP contribution in [0.3, 0.4) is 0 Å². The minimum absolute atomic E-state index is 0.0917. The number of hydrogen-bond donors (Lipinski definition) is 2. The van der Waals surface area contributed by atoms with Gasteiger partial charge in [0.05, 0.1) is 17.2 Å². The number of nitrogens with zero attached hydrogens (tertiary/aromatic N) is 1. The molecule has 5 heteroatoms. The molecule has 2 rings (SSSR count). The molecule has 0 heterocycles. The van der Waals surface area contributed by atoms with Crippen LogP contribution in [0.2, 0.25) is 0 Å². The van der Waals surface area contributed by atoms with Gasteiger partial charge in [-0.1, -0.05) is 49.4 Å². The summed E-state index contributed by atoms with van der Waals surface area (Å²) in [5.74, 6) is -0.735. The summed E-state index contributed by atoms with van der Waals surface area (Å²) in [5, 5.41) is 2.88. The van der Waals surface area contributed by atoms with Crippen molar-refractivity contribution in [3.05, 3.63) is 65.7 Å². The molecule has 0 spiro atoms. The summed E-state index contributed by atoms with van der Waals surface area (Å²) in [5.41, 5.74) is 8.16. The molecule has 138 valence electrons. The molecule has 2 unspecified atom stereocenters. The first kappa shape index (κ1) is 19.7. The Kier molecular flexibility index (Phi) is 6.92. The third kappa shape index (κ3) is 4.49. The van der Waals surface area contributed by atoms with Gasteiger partial charge < -0.3 is 16.0 Å². The standard InChI is InChI=1S/C21H27N3O2/c1-4-24(5-2)21(26)17-13-9-10-14-18(17)23-20(25)15(3)19(22)16-11-7-6-8-12-16/h6-15,19H,4-5,22H2,1-3H3,(H,23,25). The number of carbonyl (C=O) groups excluding carboxylic acids is 2. The number of hydrogen-bond acceptors (Lipinski definition) is 3.